The Morgan fingerprint density at radius 1 is 1.45 bits per heavy atom. The third kappa shape index (κ3) is 6.96. The van der Waals surface area contributed by atoms with Crippen molar-refractivity contribution >= 4 is 23.5 Å². The molecule has 1 aromatic rings. The van der Waals surface area contributed by atoms with Gasteiger partial charge in [0.2, 0.25) is 5.91 Å². The van der Waals surface area contributed by atoms with E-state index in [2.05, 4.69) is 5.32 Å². The van der Waals surface area contributed by atoms with Crippen molar-refractivity contribution in [3.63, 3.8) is 0 Å². The lowest BCUT2D eigenvalue weighted by atomic mass is 10.3. The van der Waals surface area contributed by atoms with Crippen LogP contribution < -0.4 is 10.1 Å². The Balaban J connectivity index is 2.21. The number of carboxylic acid groups (broad SMARTS) is 1. The van der Waals surface area contributed by atoms with Gasteiger partial charge in [0, 0.05) is 11.6 Å². The molecule has 0 atom stereocenters. The highest BCUT2D eigenvalue weighted by Crippen LogP contribution is 2.16. The summed E-state index contributed by atoms with van der Waals surface area (Å²) in [5.41, 5.74) is 0. The van der Waals surface area contributed by atoms with Crippen LogP contribution in [0.1, 0.15) is 0 Å². The number of hydrogen-bond acceptors (Lipinski definition) is 4. The summed E-state index contributed by atoms with van der Waals surface area (Å²) in [6.45, 7) is 0.688. The fraction of sp³-hybridized carbons (Fsp3) is 0.385. The predicted octanol–water partition coefficient (Wildman–Crippen LogP) is 0.851. The van der Waals surface area contributed by atoms with Gasteiger partial charge in [0.15, 0.2) is 0 Å². The zero-order valence-corrected chi connectivity index (χ0v) is 11.9. The van der Waals surface area contributed by atoms with E-state index >= 15 is 0 Å². The molecule has 0 fully saturated rings. The van der Waals surface area contributed by atoms with E-state index in [0.29, 0.717) is 23.9 Å². The summed E-state index contributed by atoms with van der Waals surface area (Å²) in [4.78, 5) is 23.4. The van der Waals surface area contributed by atoms with Crippen LogP contribution >= 0.6 is 11.6 Å². The molecule has 20 heavy (non-hydrogen) atoms. The van der Waals surface area contributed by atoms with Crippen molar-refractivity contribution in [1.29, 1.82) is 0 Å². The first kappa shape index (κ1) is 16.3. The molecular weight excluding hydrogens is 284 g/mol. The quantitative estimate of drug-likeness (QED) is 0.744. The SMILES string of the molecule is CN(CCOc1cccc(Cl)c1)CC(=O)NCC(=O)O. The molecule has 0 saturated heterocycles. The van der Waals surface area contributed by atoms with Crippen molar-refractivity contribution < 1.29 is 19.4 Å². The second kappa shape index (κ2) is 8.39. The van der Waals surface area contributed by atoms with Crippen LogP contribution in [0.2, 0.25) is 5.02 Å². The van der Waals surface area contributed by atoms with Gasteiger partial charge in [0.1, 0.15) is 18.9 Å². The van der Waals surface area contributed by atoms with Crippen molar-refractivity contribution in [3.05, 3.63) is 29.3 Å². The number of ether oxygens (including phenoxy) is 1. The Labute approximate surface area is 122 Å². The van der Waals surface area contributed by atoms with Gasteiger partial charge >= 0.3 is 5.97 Å². The largest absolute Gasteiger partial charge is 0.492 e. The fourth-order valence-electron chi connectivity index (χ4n) is 1.43. The minimum Gasteiger partial charge on any atom is -0.492 e. The Kier molecular flexibility index (Phi) is 6.83. The normalized spacial score (nSPS) is 10.3. The van der Waals surface area contributed by atoms with Crippen molar-refractivity contribution in [3.8, 4) is 5.75 Å². The molecule has 0 spiro atoms. The number of amides is 1. The van der Waals surface area contributed by atoms with Crippen LogP contribution in [-0.2, 0) is 9.59 Å². The maximum Gasteiger partial charge on any atom is 0.322 e. The number of likely N-dealkylation sites (N-methyl/N-ethyl adjacent to an activating group) is 1. The highest BCUT2D eigenvalue weighted by atomic mass is 35.5. The van der Waals surface area contributed by atoms with Gasteiger partial charge in [-0.1, -0.05) is 17.7 Å². The first-order valence-electron chi connectivity index (χ1n) is 6.03. The molecule has 0 aromatic heterocycles. The third-order valence-electron chi connectivity index (χ3n) is 2.39. The van der Waals surface area contributed by atoms with Crippen LogP contribution in [0.15, 0.2) is 24.3 Å². The number of carbonyl (C=O) groups excluding carboxylic acids is 1. The van der Waals surface area contributed by atoms with Gasteiger partial charge < -0.3 is 15.2 Å². The maximum atomic E-state index is 11.4. The van der Waals surface area contributed by atoms with Crippen molar-refractivity contribution in [2.24, 2.45) is 0 Å². The van der Waals surface area contributed by atoms with E-state index in [0.717, 1.165) is 0 Å². The van der Waals surface area contributed by atoms with Gasteiger partial charge in [0.25, 0.3) is 0 Å². The summed E-state index contributed by atoms with van der Waals surface area (Å²) in [5, 5.41) is 11.3. The molecule has 0 radical (unpaired) electrons. The summed E-state index contributed by atoms with van der Waals surface area (Å²) in [6, 6.07) is 7.06. The molecule has 2 N–H and O–H groups in total. The minimum absolute atomic E-state index is 0.117. The van der Waals surface area contributed by atoms with Crippen molar-refractivity contribution in [1.82, 2.24) is 10.2 Å². The predicted molar refractivity (Wildman–Crippen MR) is 75.1 cm³/mol. The molecule has 0 saturated carbocycles. The van der Waals surface area contributed by atoms with E-state index in [1.54, 1.807) is 36.2 Å². The van der Waals surface area contributed by atoms with E-state index in [-0.39, 0.29) is 19.0 Å². The topological polar surface area (TPSA) is 78.9 Å². The maximum absolute atomic E-state index is 11.4. The van der Waals surface area contributed by atoms with Gasteiger partial charge in [-0.2, -0.15) is 0 Å². The monoisotopic (exact) mass is 300 g/mol. The van der Waals surface area contributed by atoms with Gasteiger partial charge in [-0.25, -0.2) is 0 Å². The molecule has 6 nitrogen and oxygen atoms in total. The van der Waals surface area contributed by atoms with Crippen LogP contribution in [-0.4, -0.2) is 55.2 Å². The number of hydrogen-bond donors (Lipinski definition) is 2. The summed E-state index contributed by atoms with van der Waals surface area (Å²) >= 11 is 5.82. The molecule has 0 aliphatic rings. The second-order valence-corrected chi connectivity index (χ2v) is 4.65. The lowest BCUT2D eigenvalue weighted by Gasteiger charge is -2.16. The first-order valence-corrected chi connectivity index (χ1v) is 6.40. The third-order valence-corrected chi connectivity index (χ3v) is 2.62. The van der Waals surface area contributed by atoms with E-state index in [1.807, 2.05) is 0 Å². The summed E-state index contributed by atoms with van der Waals surface area (Å²) in [7, 11) is 1.75. The smallest absolute Gasteiger partial charge is 0.322 e. The first-order chi connectivity index (χ1) is 9.47. The zero-order valence-electron chi connectivity index (χ0n) is 11.1. The van der Waals surface area contributed by atoms with Crippen molar-refractivity contribution in [2.75, 3.05) is 33.3 Å². The standard InChI is InChI=1S/C13H17ClN2O4/c1-16(9-12(17)15-8-13(18)19)5-6-20-11-4-2-3-10(14)7-11/h2-4,7H,5-6,8-9H2,1H3,(H,15,17)(H,18,19). The number of benzene rings is 1. The van der Waals surface area contributed by atoms with Crippen LogP contribution in [0, 0.1) is 0 Å². The molecule has 1 amide bonds. The molecule has 0 bridgehead atoms. The number of aliphatic carboxylic acids is 1. The Morgan fingerprint density at radius 2 is 2.20 bits per heavy atom. The molecule has 110 valence electrons. The van der Waals surface area contributed by atoms with Crippen LogP contribution in [0.5, 0.6) is 5.75 Å². The summed E-state index contributed by atoms with van der Waals surface area (Å²) in [5.74, 6) is -0.732. The van der Waals surface area contributed by atoms with Gasteiger partial charge in [-0.15, -0.1) is 0 Å². The van der Waals surface area contributed by atoms with Crippen LogP contribution in [0.25, 0.3) is 0 Å². The highest BCUT2D eigenvalue weighted by Gasteiger charge is 2.07. The molecule has 0 heterocycles. The number of nitrogens with one attached hydrogen (secondary N) is 1. The average Bonchev–Trinajstić information content (AvgIpc) is 2.36. The number of nitrogens with zero attached hydrogens (tertiary/aromatic N) is 1. The average molecular weight is 301 g/mol. The van der Waals surface area contributed by atoms with E-state index in [1.165, 1.54) is 0 Å². The lowest BCUT2D eigenvalue weighted by molar-refractivity contribution is -0.138. The Morgan fingerprint density at radius 3 is 2.85 bits per heavy atom. The van der Waals surface area contributed by atoms with E-state index in [9.17, 15) is 9.59 Å². The van der Waals surface area contributed by atoms with Crippen LogP contribution in [0.3, 0.4) is 0 Å². The van der Waals surface area contributed by atoms with E-state index < -0.39 is 5.97 Å². The molecule has 7 heteroatoms. The molecular formula is C13H17ClN2O4. The minimum atomic E-state index is -1.06. The highest BCUT2D eigenvalue weighted by molar-refractivity contribution is 6.30. The van der Waals surface area contributed by atoms with Crippen LogP contribution in [0.4, 0.5) is 0 Å². The second-order valence-electron chi connectivity index (χ2n) is 4.21. The van der Waals surface area contributed by atoms with Gasteiger partial charge in [-0.3, -0.25) is 14.5 Å². The number of halogens is 1. The Bertz CT molecular complexity index is 467. The fourth-order valence-corrected chi connectivity index (χ4v) is 1.61. The zero-order chi connectivity index (χ0) is 15.0. The number of rotatable bonds is 8. The molecule has 0 aliphatic carbocycles. The number of carbonyl (C=O) groups is 2. The molecule has 0 aliphatic heterocycles. The molecule has 1 rings (SSSR count). The summed E-state index contributed by atoms with van der Waals surface area (Å²) < 4.78 is 5.49. The van der Waals surface area contributed by atoms with E-state index in [4.69, 9.17) is 21.4 Å². The lowest BCUT2D eigenvalue weighted by Crippen LogP contribution is -2.38. The summed E-state index contributed by atoms with van der Waals surface area (Å²) in [6.07, 6.45) is 0. The molecule has 0 unspecified atom stereocenters. The molecule has 1 aromatic carbocycles. The van der Waals surface area contributed by atoms with Gasteiger partial charge in [-0.05, 0) is 25.2 Å². The Hall–Kier alpha value is -1.79. The van der Waals surface area contributed by atoms with Crippen molar-refractivity contribution in [2.45, 2.75) is 0 Å². The number of carboxylic acids is 1. The van der Waals surface area contributed by atoms with Gasteiger partial charge in [0.05, 0.1) is 6.54 Å².